The molecular formula is C26H29FN6O3. The number of nitrogens with zero attached hydrogens (tertiary/aromatic N) is 5. The van der Waals surface area contributed by atoms with Gasteiger partial charge in [0.25, 0.3) is 0 Å². The van der Waals surface area contributed by atoms with Gasteiger partial charge in [0, 0.05) is 42.7 Å². The van der Waals surface area contributed by atoms with E-state index >= 15 is 0 Å². The fraction of sp³-hybridized carbons (Fsp3) is 0.385. The second kappa shape index (κ2) is 10.3. The van der Waals surface area contributed by atoms with E-state index in [0.29, 0.717) is 40.4 Å². The Morgan fingerprint density at radius 1 is 1.28 bits per heavy atom. The first-order valence-corrected chi connectivity index (χ1v) is 11.7. The van der Waals surface area contributed by atoms with E-state index in [1.807, 2.05) is 20.0 Å². The third-order valence-corrected chi connectivity index (χ3v) is 6.32. The maximum absolute atomic E-state index is 14.8. The van der Waals surface area contributed by atoms with Crippen LogP contribution >= 0.6 is 0 Å². The number of hydrogen-bond acceptors (Lipinski definition) is 8. The number of halogens is 1. The molecule has 0 spiro atoms. The second-order valence-corrected chi connectivity index (χ2v) is 9.00. The van der Waals surface area contributed by atoms with Crippen molar-refractivity contribution in [3.8, 4) is 17.6 Å². The van der Waals surface area contributed by atoms with Gasteiger partial charge in [0.2, 0.25) is 0 Å². The number of amides is 1. The van der Waals surface area contributed by atoms with E-state index < -0.39 is 18.0 Å². The molecule has 0 saturated carbocycles. The zero-order chi connectivity index (χ0) is 26.0. The highest BCUT2D eigenvalue weighted by molar-refractivity contribution is 5.92. The van der Waals surface area contributed by atoms with Crippen molar-refractivity contribution < 1.29 is 18.7 Å². The number of nitrogens with one attached hydrogen (secondary N) is 1. The minimum Gasteiger partial charge on any atom is -0.493 e. The number of ether oxygens (including phenoxy) is 2. The Kier molecular flexibility index (Phi) is 7.22. The first-order chi connectivity index (χ1) is 17.2. The number of anilines is 1. The van der Waals surface area contributed by atoms with Crippen molar-refractivity contribution >= 4 is 22.8 Å². The monoisotopic (exact) mass is 492 g/mol. The molecule has 3 aromatic rings. The topological polar surface area (TPSA) is 104 Å². The lowest BCUT2D eigenvalue weighted by atomic mass is 10.0. The van der Waals surface area contributed by atoms with Crippen LogP contribution in [0.4, 0.5) is 15.0 Å². The molecule has 1 amide bonds. The third kappa shape index (κ3) is 5.02. The highest BCUT2D eigenvalue weighted by Crippen LogP contribution is 2.36. The van der Waals surface area contributed by atoms with Gasteiger partial charge in [0.1, 0.15) is 23.5 Å². The first kappa shape index (κ1) is 25.1. The van der Waals surface area contributed by atoms with Crippen molar-refractivity contribution in [1.29, 1.82) is 5.26 Å². The van der Waals surface area contributed by atoms with Crippen LogP contribution in [-0.4, -0.2) is 65.7 Å². The molecule has 188 valence electrons. The molecule has 1 N–H and O–H groups in total. The van der Waals surface area contributed by atoms with Crippen LogP contribution in [0.15, 0.2) is 30.3 Å². The molecule has 0 bridgehead atoms. The van der Waals surface area contributed by atoms with Crippen molar-refractivity contribution in [1.82, 2.24) is 19.8 Å². The number of benzene rings is 2. The van der Waals surface area contributed by atoms with Crippen LogP contribution in [-0.2, 0) is 0 Å². The van der Waals surface area contributed by atoms with E-state index in [4.69, 9.17) is 9.47 Å². The number of nitriles is 1. The molecule has 36 heavy (non-hydrogen) atoms. The summed E-state index contributed by atoms with van der Waals surface area (Å²) in [4.78, 5) is 25.9. The summed E-state index contributed by atoms with van der Waals surface area (Å²) >= 11 is 0. The summed E-state index contributed by atoms with van der Waals surface area (Å²) in [5, 5.41) is 13.0. The zero-order valence-corrected chi connectivity index (χ0v) is 21.0. The van der Waals surface area contributed by atoms with Crippen molar-refractivity contribution in [2.75, 3.05) is 39.1 Å². The molecule has 0 aliphatic carbocycles. The Morgan fingerprint density at radius 3 is 2.75 bits per heavy atom. The molecule has 1 aromatic heterocycles. The molecular weight excluding hydrogens is 463 g/mol. The van der Waals surface area contributed by atoms with E-state index in [-0.39, 0.29) is 17.4 Å². The van der Waals surface area contributed by atoms with Gasteiger partial charge in [0.15, 0.2) is 11.5 Å². The van der Waals surface area contributed by atoms with Crippen LogP contribution in [0.3, 0.4) is 0 Å². The molecule has 4 rings (SSSR count). The van der Waals surface area contributed by atoms with Crippen LogP contribution in [0.2, 0.25) is 0 Å². The average Bonchev–Trinajstić information content (AvgIpc) is 2.83. The third-order valence-electron chi connectivity index (χ3n) is 6.32. The standard InChI is InChI=1S/C26H29FN6O3/c1-15-14-32(4)9-10-33(15)26(34)36-23-11-20-21(12-22(23)35-5)30-17(3)31-25(20)29-16(2)19-8-6-7-18(13-28)24(19)27/h6-8,11-12,15-16H,9-10,14H2,1-5H3,(H,29,30,31)/t15-,16+/m0/s1. The minimum absolute atomic E-state index is 0.00540. The van der Waals surface area contributed by atoms with E-state index in [1.165, 1.54) is 13.2 Å². The number of fused-ring (bicyclic) bond motifs is 1. The molecule has 0 radical (unpaired) electrons. The second-order valence-electron chi connectivity index (χ2n) is 9.00. The summed E-state index contributed by atoms with van der Waals surface area (Å²) in [6.07, 6.45) is -0.459. The van der Waals surface area contributed by atoms with E-state index in [9.17, 15) is 14.4 Å². The molecule has 1 aliphatic rings. The summed E-state index contributed by atoms with van der Waals surface area (Å²) in [6, 6.07) is 9.41. The number of aryl methyl sites for hydroxylation is 1. The van der Waals surface area contributed by atoms with Gasteiger partial charge in [-0.25, -0.2) is 19.2 Å². The summed E-state index contributed by atoms with van der Waals surface area (Å²) in [5.74, 6) is 0.971. The number of piperazine rings is 1. The average molecular weight is 493 g/mol. The van der Waals surface area contributed by atoms with Crippen LogP contribution in [0, 0.1) is 24.1 Å². The maximum Gasteiger partial charge on any atom is 0.415 e. The van der Waals surface area contributed by atoms with Crippen molar-refractivity contribution in [3.63, 3.8) is 0 Å². The van der Waals surface area contributed by atoms with Gasteiger partial charge < -0.3 is 24.6 Å². The van der Waals surface area contributed by atoms with Gasteiger partial charge in [-0.1, -0.05) is 12.1 Å². The quantitative estimate of drug-likeness (QED) is 0.563. The number of carbonyl (C=O) groups is 1. The maximum atomic E-state index is 14.8. The summed E-state index contributed by atoms with van der Waals surface area (Å²) in [7, 11) is 3.52. The molecule has 1 fully saturated rings. The van der Waals surface area contributed by atoms with E-state index in [0.717, 1.165) is 13.1 Å². The van der Waals surface area contributed by atoms with Crippen LogP contribution in [0.1, 0.15) is 36.8 Å². The largest absolute Gasteiger partial charge is 0.493 e. The fourth-order valence-electron chi connectivity index (χ4n) is 4.42. The Hall–Kier alpha value is -3.97. The Balaban J connectivity index is 1.69. The number of likely N-dealkylation sites (N-methyl/N-ethyl adjacent to an activating group) is 1. The zero-order valence-electron chi connectivity index (χ0n) is 21.0. The fourth-order valence-corrected chi connectivity index (χ4v) is 4.42. The normalized spacial score (nSPS) is 16.9. The lowest BCUT2D eigenvalue weighted by Gasteiger charge is -2.37. The lowest BCUT2D eigenvalue weighted by molar-refractivity contribution is 0.0886. The Morgan fingerprint density at radius 2 is 2.06 bits per heavy atom. The molecule has 9 nitrogen and oxygen atoms in total. The van der Waals surface area contributed by atoms with Gasteiger partial charge in [-0.3, -0.25) is 0 Å². The highest BCUT2D eigenvalue weighted by atomic mass is 19.1. The van der Waals surface area contributed by atoms with Crippen LogP contribution < -0.4 is 14.8 Å². The SMILES string of the molecule is COc1cc2nc(C)nc(N[C@H](C)c3cccc(C#N)c3F)c2cc1OC(=O)N1CCN(C)C[C@@H]1C. The molecule has 2 heterocycles. The summed E-state index contributed by atoms with van der Waals surface area (Å²) in [6.45, 7) is 7.59. The number of methoxy groups -OCH3 is 1. The molecule has 1 saturated heterocycles. The lowest BCUT2D eigenvalue weighted by Crippen LogP contribution is -2.53. The van der Waals surface area contributed by atoms with E-state index in [2.05, 4.69) is 20.2 Å². The number of carbonyl (C=O) groups excluding carboxylic acids is 1. The number of hydrogen-bond donors (Lipinski definition) is 1. The van der Waals surface area contributed by atoms with Crippen molar-refractivity contribution in [3.05, 3.63) is 53.1 Å². The van der Waals surface area contributed by atoms with Crippen LogP contribution in [0.25, 0.3) is 10.9 Å². The number of rotatable bonds is 5. The van der Waals surface area contributed by atoms with Crippen LogP contribution in [0.5, 0.6) is 11.5 Å². The number of aromatic nitrogens is 2. The molecule has 0 unspecified atom stereocenters. The summed E-state index contributed by atoms with van der Waals surface area (Å²) in [5.41, 5.74) is 0.887. The molecule has 2 aromatic carbocycles. The van der Waals surface area contributed by atoms with E-state index in [1.54, 1.807) is 43.0 Å². The van der Waals surface area contributed by atoms with Gasteiger partial charge >= 0.3 is 6.09 Å². The predicted molar refractivity (Wildman–Crippen MR) is 134 cm³/mol. The Labute approximate surface area is 209 Å². The molecule has 10 heteroatoms. The smallest absolute Gasteiger partial charge is 0.415 e. The van der Waals surface area contributed by atoms with Crippen molar-refractivity contribution in [2.45, 2.75) is 32.9 Å². The van der Waals surface area contributed by atoms with Gasteiger partial charge in [-0.05, 0) is 40.0 Å². The predicted octanol–water partition coefficient (Wildman–Crippen LogP) is 4.27. The molecule has 1 aliphatic heterocycles. The summed E-state index contributed by atoms with van der Waals surface area (Å²) < 4.78 is 26.1. The molecule has 2 atom stereocenters. The van der Waals surface area contributed by atoms with Gasteiger partial charge in [-0.15, -0.1) is 0 Å². The van der Waals surface area contributed by atoms with Gasteiger partial charge in [0.05, 0.1) is 24.2 Å². The van der Waals surface area contributed by atoms with Gasteiger partial charge in [-0.2, -0.15) is 5.26 Å². The minimum atomic E-state index is -0.576. The first-order valence-electron chi connectivity index (χ1n) is 11.7. The Bertz CT molecular complexity index is 1340. The highest BCUT2D eigenvalue weighted by Gasteiger charge is 2.28. The van der Waals surface area contributed by atoms with Crippen molar-refractivity contribution in [2.24, 2.45) is 0 Å².